The lowest BCUT2D eigenvalue weighted by Gasteiger charge is -2.27. The Morgan fingerprint density at radius 2 is 2.11 bits per heavy atom. The van der Waals surface area contributed by atoms with E-state index in [2.05, 4.69) is 10.2 Å². The first-order chi connectivity index (χ1) is 8.74. The molecule has 1 N–H and O–H groups in total. The Morgan fingerprint density at radius 3 is 2.94 bits per heavy atom. The lowest BCUT2D eigenvalue weighted by atomic mass is 10.1. The van der Waals surface area contributed by atoms with E-state index in [0.717, 1.165) is 18.7 Å². The molecule has 1 aromatic carbocycles. The van der Waals surface area contributed by atoms with Crippen molar-refractivity contribution in [3.8, 4) is 0 Å². The van der Waals surface area contributed by atoms with Crippen molar-refractivity contribution < 1.29 is 4.39 Å². The fourth-order valence-corrected chi connectivity index (χ4v) is 3.34. The van der Waals surface area contributed by atoms with E-state index < -0.39 is 0 Å². The Labute approximate surface area is 112 Å². The average molecular weight is 269 g/mol. The van der Waals surface area contributed by atoms with Crippen LogP contribution >= 0.6 is 11.6 Å². The zero-order chi connectivity index (χ0) is 12.5. The summed E-state index contributed by atoms with van der Waals surface area (Å²) in [5.41, 5.74) is 0.762. The summed E-state index contributed by atoms with van der Waals surface area (Å²) in [5.74, 6) is -0.181. The van der Waals surface area contributed by atoms with Crippen LogP contribution in [0.3, 0.4) is 0 Å². The van der Waals surface area contributed by atoms with E-state index in [1.807, 2.05) is 6.07 Å². The standard InChI is InChI=1S/C14H18ClFN2/c15-11-2-1-10(14(16)7-11)9-18-12-3-4-13(18)8-17-6-5-12/h1-2,7,12-13,17H,3-6,8-9H2. The van der Waals surface area contributed by atoms with Crippen molar-refractivity contribution in [2.24, 2.45) is 0 Å². The van der Waals surface area contributed by atoms with Crippen molar-refractivity contribution in [2.45, 2.75) is 37.9 Å². The van der Waals surface area contributed by atoms with E-state index in [4.69, 9.17) is 11.6 Å². The van der Waals surface area contributed by atoms with Crippen LogP contribution in [0.25, 0.3) is 0 Å². The largest absolute Gasteiger partial charge is 0.315 e. The number of benzene rings is 1. The van der Waals surface area contributed by atoms with Crippen LogP contribution in [0.4, 0.5) is 4.39 Å². The Kier molecular flexibility index (Phi) is 3.55. The topological polar surface area (TPSA) is 15.3 Å². The summed E-state index contributed by atoms with van der Waals surface area (Å²) in [6.45, 7) is 2.83. The Balaban J connectivity index is 1.79. The van der Waals surface area contributed by atoms with Crippen LogP contribution in [0, 0.1) is 5.82 Å². The summed E-state index contributed by atoms with van der Waals surface area (Å²) in [6.07, 6.45) is 3.65. The molecule has 98 valence electrons. The minimum Gasteiger partial charge on any atom is -0.315 e. The fraction of sp³-hybridized carbons (Fsp3) is 0.571. The highest BCUT2D eigenvalue weighted by Gasteiger charge is 2.34. The molecule has 2 aliphatic heterocycles. The molecule has 3 rings (SSSR count). The van der Waals surface area contributed by atoms with Crippen molar-refractivity contribution in [2.75, 3.05) is 13.1 Å². The van der Waals surface area contributed by atoms with Crippen molar-refractivity contribution in [1.29, 1.82) is 0 Å². The summed E-state index contributed by atoms with van der Waals surface area (Å²) in [6, 6.07) is 6.18. The van der Waals surface area contributed by atoms with Crippen molar-refractivity contribution in [1.82, 2.24) is 10.2 Å². The van der Waals surface area contributed by atoms with Gasteiger partial charge in [-0.3, -0.25) is 4.90 Å². The van der Waals surface area contributed by atoms with E-state index in [9.17, 15) is 4.39 Å². The van der Waals surface area contributed by atoms with Gasteiger partial charge in [-0.2, -0.15) is 0 Å². The molecule has 2 nitrogen and oxygen atoms in total. The second-order valence-corrected chi connectivity index (χ2v) is 5.72. The van der Waals surface area contributed by atoms with Gasteiger partial charge in [-0.05, 0) is 37.9 Å². The predicted molar refractivity (Wildman–Crippen MR) is 71.2 cm³/mol. The fourth-order valence-electron chi connectivity index (χ4n) is 3.19. The van der Waals surface area contributed by atoms with E-state index in [1.165, 1.54) is 25.3 Å². The molecule has 2 unspecified atom stereocenters. The minimum absolute atomic E-state index is 0.181. The third kappa shape index (κ3) is 2.40. The third-order valence-electron chi connectivity index (χ3n) is 4.17. The van der Waals surface area contributed by atoms with Gasteiger partial charge in [0.25, 0.3) is 0 Å². The Bertz CT molecular complexity index is 424. The van der Waals surface area contributed by atoms with Gasteiger partial charge in [-0.15, -0.1) is 0 Å². The van der Waals surface area contributed by atoms with Crippen molar-refractivity contribution >= 4 is 11.6 Å². The zero-order valence-corrected chi connectivity index (χ0v) is 11.1. The summed E-state index contributed by atoms with van der Waals surface area (Å²) in [4.78, 5) is 2.46. The number of hydrogen-bond donors (Lipinski definition) is 1. The first-order valence-electron chi connectivity index (χ1n) is 6.64. The molecule has 2 atom stereocenters. The van der Waals surface area contributed by atoms with Gasteiger partial charge >= 0.3 is 0 Å². The average Bonchev–Trinajstić information content (AvgIpc) is 2.56. The van der Waals surface area contributed by atoms with Crippen molar-refractivity contribution in [3.63, 3.8) is 0 Å². The first-order valence-corrected chi connectivity index (χ1v) is 7.02. The van der Waals surface area contributed by atoms with Crippen LogP contribution in [-0.2, 0) is 6.54 Å². The smallest absolute Gasteiger partial charge is 0.129 e. The summed E-state index contributed by atoms with van der Waals surface area (Å²) < 4.78 is 13.9. The van der Waals surface area contributed by atoms with Crippen LogP contribution in [0.1, 0.15) is 24.8 Å². The Hall–Kier alpha value is -0.640. The highest BCUT2D eigenvalue weighted by molar-refractivity contribution is 6.30. The number of nitrogens with zero attached hydrogens (tertiary/aromatic N) is 1. The normalized spacial score (nSPS) is 28.3. The molecule has 2 heterocycles. The van der Waals surface area contributed by atoms with Gasteiger partial charge in [0.1, 0.15) is 5.82 Å². The summed E-state index contributed by atoms with van der Waals surface area (Å²) in [5, 5.41) is 3.93. The molecule has 2 fully saturated rings. The molecule has 18 heavy (non-hydrogen) atoms. The lowest BCUT2D eigenvalue weighted by Crippen LogP contribution is -2.37. The van der Waals surface area contributed by atoms with E-state index in [-0.39, 0.29) is 5.82 Å². The maximum atomic E-state index is 13.9. The zero-order valence-electron chi connectivity index (χ0n) is 10.3. The highest BCUT2D eigenvalue weighted by atomic mass is 35.5. The quantitative estimate of drug-likeness (QED) is 0.887. The number of rotatable bonds is 2. The SMILES string of the molecule is Fc1cc(Cl)ccc1CN1C2CCNCC1CC2. The summed E-state index contributed by atoms with van der Waals surface area (Å²) >= 11 is 5.79. The van der Waals surface area contributed by atoms with Crippen LogP contribution < -0.4 is 5.32 Å². The van der Waals surface area contributed by atoms with Crippen molar-refractivity contribution in [3.05, 3.63) is 34.6 Å². The molecule has 0 spiro atoms. The van der Waals surface area contributed by atoms with E-state index in [0.29, 0.717) is 23.7 Å². The van der Waals surface area contributed by atoms with Crippen LogP contribution in [-0.4, -0.2) is 30.1 Å². The van der Waals surface area contributed by atoms with Gasteiger partial charge < -0.3 is 5.32 Å². The highest BCUT2D eigenvalue weighted by Crippen LogP contribution is 2.30. The number of halogens is 2. The second-order valence-electron chi connectivity index (χ2n) is 5.29. The van der Waals surface area contributed by atoms with E-state index in [1.54, 1.807) is 6.07 Å². The molecule has 2 saturated heterocycles. The predicted octanol–water partition coefficient (Wildman–Crippen LogP) is 2.81. The molecule has 0 aromatic heterocycles. The summed E-state index contributed by atoms with van der Waals surface area (Å²) in [7, 11) is 0. The minimum atomic E-state index is -0.181. The second kappa shape index (κ2) is 5.16. The van der Waals surface area contributed by atoms with Gasteiger partial charge in [0.15, 0.2) is 0 Å². The monoisotopic (exact) mass is 268 g/mol. The van der Waals surface area contributed by atoms with Crippen LogP contribution in [0.2, 0.25) is 5.02 Å². The molecular weight excluding hydrogens is 251 g/mol. The molecule has 1 aromatic rings. The van der Waals surface area contributed by atoms with Gasteiger partial charge in [0, 0.05) is 35.8 Å². The maximum Gasteiger partial charge on any atom is 0.129 e. The molecule has 2 aliphatic rings. The number of nitrogens with one attached hydrogen (secondary N) is 1. The van der Waals surface area contributed by atoms with Crippen LogP contribution in [0.15, 0.2) is 18.2 Å². The molecule has 0 aliphatic carbocycles. The molecule has 4 heteroatoms. The Morgan fingerprint density at radius 1 is 1.28 bits per heavy atom. The van der Waals surface area contributed by atoms with E-state index >= 15 is 0 Å². The number of fused-ring (bicyclic) bond motifs is 2. The maximum absolute atomic E-state index is 13.9. The lowest BCUT2D eigenvalue weighted by molar-refractivity contribution is 0.191. The molecule has 0 saturated carbocycles. The molecular formula is C14H18ClFN2. The molecule has 0 amide bonds. The first kappa shape index (κ1) is 12.4. The third-order valence-corrected chi connectivity index (χ3v) is 4.41. The van der Waals surface area contributed by atoms with Crippen LogP contribution in [0.5, 0.6) is 0 Å². The van der Waals surface area contributed by atoms with Gasteiger partial charge in [0.2, 0.25) is 0 Å². The van der Waals surface area contributed by atoms with Gasteiger partial charge in [-0.25, -0.2) is 4.39 Å². The van der Waals surface area contributed by atoms with Gasteiger partial charge in [-0.1, -0.05) is 17.7 Å². The number of hydrogen-bond acceptors (Lipinski definition) is 2. The molecule has 0 radical (unpaired) electrons. The molecule has 2 bridgehead atoms. The van der Waals surface area contributed by atoms with Gasteiger partial charge in [0.05, 0.1) is 0 Å².